The zero-order chi connectivity index (χ0) is 21.8. The minimum atomic E-state index is -0.358. The van der Waals surface area contributed by atoms with E-state index >= 15 is 0 Å². The van der Waals surface area contributed by atoms with Crippen molar-refractivity contribution in [1.82, 2.24) is 20.2 Å². The number of nitrogens with zero attached hydrogens (tertiary/aromatic N) is 4. The van der Waals surface area contributed by atoms with Crippen LogP contribution >= 0.6 is 0 Å². The summed E-state index contributed by atoms with van der Waals surface area (Å²) in [7, 11) is 0. The number of nitrogens with one attached hydrogen (secondary N) is 1. The van der Waals surface area contributed by atoms with E-state index in [0.29, 0.717) is 18.1 Å². The van der Waals surface area contributed by atoms with E-state index in [9.17, 15) is 4.79 Å². The quantitative estimate of drug-likeness (QED) is 0.585. The van der Waals surface area contributed by atoms with Gasteiger partial charge in [0, 0.05) is 5.69 Å². The Balaban J connectivity index is 1.69. The average molecular weight is 420 g/mol. The summed E-state index contributed by atoms with van der Waals surface area (Å²) in [5.74, 6) is 1.15. The number of tetrazole rings is 1. The Morgan fingerprint density at radius 2 is 1.94 bits per heavy atom. The number of benzene rings is 2. The molecule has 7 heteroatoms. The summed E-state index contributed by atoms with van der Waals surface area (Å²) in [6, 6.07) is 15.6. The van der Waals surface area contributed by atoms with Gasteiger partial charge in [0.25, 0.3) is 0 Å². The fourth-order valence-corrected chi connectivity index (χ4v) is 4.27. The van der Waals surface area contributed by atoms with Crippen LogP contribution in [0.15, 0.2) is 48.5 Å². The van der Waals surface area contributed by atoms with Crippen LogP contribution in [0.1, 0.15) is 61.3 Å². The Labute approximate surface area is 182 Å². The monoisotopic (exact) mass is 419 g/mol. The van der Waals surface area contributed by atoms with E-state index < -0.39 is 0 Å². The van der Waals surface area contributed by atoms with E-state index in [1.165, 1.54) is 5.56 Å². The summed E-state index contributed by atoms with van der Waals surface area (Å²) in [5.41, 5.74) is 3.25. The molecule has 0 bridgehead atoms. The SMILES string of the molecule is CCOC(=O)c1ccc(-n2nnnc2C2(Nc3cccc(C)c3)CCC(C)CC2)cc1. The van der Waals surface area contributed by atoms with Crippen LogP contribution < -0.4 is 5.32 Å². The Kier molecular flexibility index (Phi) is 6.02. The number of esters is 1. The average Bonchev–Trinajstić information content (AvgIpc) is 3.27. The van der Waals surface area contributed by atoms with Gasteiger partial charge in [-0.15, -0.1) is 5.10 Å². The molecule has 4 rings (SSSR count). The van der Waals surface area contributed by atoms with Gasteiger partial charge in [0.05, 0.1) is 23.4 Å². The number of anilines is 1. The molecule has 31 heavy (non-hydrogen) atoms. The lowest BCUT2D eigenvalue weighted by Gasteiger charge is -2.39. The molecule has 0 atom stereocenters. The van der Waals surface area contributed by atoms with Crippen molar-refractivity contribution in [3.8, 4) is 5.69 Å². The van der Waals surface area contributed by atoms with Crippen LogP contribution in [0.2, 0.25) is 0 Å². The normalized spacial score (nSPS) is 20.9. The molecule has 7 nitrogen and oxygen atoms in total. The number of carbonyl (C=O) groups excluding carboxylic acids is 1. The predicted octanol–water partition coefficient (Wildman–Crippen LogP) is 4.66. The number of aryl methyl sites for hydroxylation is 1. The smallest absolute Gasteiger partial charge is 0.338 e. The van der Waals surface area contributed by atoms with Crippen LogP contribution in [0.25, 0.3) is 5.69 Å². The predicted molar refractivity (Wildman–Crippen MR) is 119 cm³/mol. The Bertz CT molecular complexity index is 1040. The molecule has 1 aliphatic carbocycles. The first-order valence-corrected chi connectivity index (χ1v) is 10.9. The second-order valence-corrected chi connectivity index (χ2v) is 8.44. The number of aromatic nitrogens is 4. The summed E-state index contributed by atoms with van der Waals surface area (Å²) in [4.78, 5) is 12.0. The van der Waals surface area contributed by atoms with Gasteiger partial charge in [-0.05, 0) is 97.8 Å². The van der Waals surface area contributed by atoms with E-state index in [2.05, 4.69) is 59.0 Å². The first-order valence-electron chi connectivity index (χ1n) is 10.9. The molecule has 0 radical (unpaired) electrons. The maximum Gasteiger partial charge on any atom is 0.338 e. The van der Waals surface area contributed by atoms with Gasteiger partial charge in [-0.25, -0.2) is 4.79 Å². The number of hydrogen-bond donors (Lipinski definition) is 1. The fraction of sp³-hybridized carbons (Fsp3) is 0.417. The van der Waals surface area contributed by atoms with Crippen molar-refractivity contribution in [3.05, 3.63) is 65.5 Å². The van der Waals surface area contributed by atoms with Gasteiger partial charge in [-0.2, -0.15) is 4.68 Å². The zero-order valence-electron chi connectivity index (χ0n) is 18.3. The minimum Gasteiger partial charge on any atom is -0.462 e. The van der Waals surface area contributed by atoms with Crippen LogP contribution in [-0.4, -0.2) is 32.8 Å². The van der Waals surface area contributed by atoms with E-state index in [1.807, 2.05) is 12.1 Å². The van der Waals surface area contributed by atoms with Crippen molar-refractivity contribution < 1.29 is 9.53 Å². The number of carbonyl (C=O) groups is 1. The van der Waals surface area contributed by atoms with Gasteiger partial charge in [0.2, 0.25) is 0 Å². The molecule has 1 fully saturated rings. The van der Waals surface area contributed by atoms with Crippen LogP contribution in [0.5, 0.6) is 0 Å². The standard InChI is InChI=1S/C24H29N5O2/c1-4-31-22(30)19-8-10-21(11-9-19)29-23(26-27-28-29)24(14-12-17(2)13-15-24)25-20-7-5-6-18(3)16-20/h5-11,16-17,25H,4,12-15H2,1-3H3. The Morgan fingerprint density at radius 1 is 1.19 bits per heavy atom. The molecule has 3 aromatic rings. The maximum absolute atomic E-state index is 12.0. The number of rotatable bonds is 6. The van der Waals surface area contributed by atoms with Gasteiger partial charge < -0.3 is 10.1 Å². The van der Waals surface area contributed by atoms with Crippen molar-refractivity contribution in [1.29, 1.82) is 0 Å². The molecule has 1 N–H and O–H groups in total. The molecule has 0 spiro atoms. The molecule has 0 unspecified atom stereocenters. The van der Waals surface area contributed by atoms with Crippen molar-refractivity contribution in [3.63, 3.8) is 0 Å². The molecule has 1 saturated carbocycles. The van der Waals surface area contributed by atoms with Gasteiger partial charge in [0.1, 0.15) is 0 Å². The summed E-state index contributed by atoms with van der Waals surface area (Å²) in [5, 5.41) is 16.6. The lowest BCUT2D eigenvalue weighted by atomic mass is 9.76. The molecular formula is C24H29N5O2. The summed E-state index contributed by atoms with van der Waals surface area (Å²) in [6.07, 6.45) is 4.10. The molecule has 2 aromatic carbocycles. The molecule has 162 valence electrons. The molecule has 0 aliphatic heterocycles. The third-order valence-electron chi connectivity index (χ3n) is 6.05. The van der Waals surface area contributed by atoms with Crippen molar-refractivity contribution >= 4 is 11.7 Å². The highest BCUT2D eigenvalue weighted by Gasteiger charge is 2.41. The summed E-state index contributed by atoms with van der Waals surface area (Å²) < 4.78 is 6.87. The van der Waals surface area contributed by atoms with Crippen molar-refractivity contribution in [2.45, 2.75) is 52.0 Å². The lowest BCUT2D eigenvalue weighted by molar-refractivity contribution is 0.0526. The molecule has 1 aromatic heterocycles. The minimum absolute atomic E-state index is 0.329. The van der Waals surface area contributed by atoms with Gasteiger partial charge in [0.15, 0.2) is 5.82 Å². The van der Waals surface area contributed by atoms with E-state index in [0.717, 1.165) is 42.9 Å². The maximum atomic E-state index is 12.0. The van der Waals surface area contributed by atoms with Crippen LogP contribution in [-0.2, 0) is 10.3 Å². The van der Waals surface area contributed by atoms with E-state index in [-0.39, 0.29) is 11.5 Å². The van der Waals surface area contributed by atoms with E-state index in [4.69, 9.17) is 4.74 Å². The highest BCUT2D eigenvalue weighted by Crippen LogP contribution is 2.41. The zero-order valence-corrected chi connectivity index (χ0v) is 18.3. The number of ether oxygens (including phenoxy) is 1. The summed E-state index contributed by atoms with van der Waals surface area (Å²) in [6.45, 7) is 6.54. The molecule has 0 saturated heterocycles. The molecular weight excluding hydrogens is 390 g/mol. The first kappa shape index (κ1) is 21.0. The summed E-state index contributed by atoms with van der Waals surface area (Å²) >= 11 is 0. The fourth-order valence-electron chi connectivity index (χ4n) is 4.27. The molecule has 1 aliphatic rings. The third kappa shape index (κ3) is 4.45. The van der Waals surface area contributed by atoms with Crippen LogP contribution in [0.3, 0.4) is 0 Å². The van der Waals surface area contributed by atoms with Crippen molar-refractivity contribution in [2.24, 2.45) is 5.92 Å². The number of hydrogen-bond acceptors (Lipinski definition) is 6. The Morgan fingerprint density at radius 3 is 2.61 bits per heavy atom. The largest absolute Gasteiger partial charge is 0.462 e. The lowest BCUT2D eigenvalue weighted by Crippen LogP contribution is -2.41. The second kappa shape index (κ2) is 8.88. The molecule has 1 heterocycles. The van der Waals surface area contributed by atoms with Crippen LogP contribution in [0.4, 0.5) is 5.69 Å². The highest BCUT2D eigenvalue weighted by molar-refractivity contribution is 5.89. The molecule has 0 amide bonds. The van der Waals surface area contributed by atoms with Crippen LogP contribution in [0, 0.1) is 12.8 Å². The van der Waals surface area contributed by atoms with E-state index in [1.54, 1.807) is 23.7 Å². The highest BCUT2D eigenvalue weighted by atomic mass is 16.5. The second-order valence-electron chi connectivity index (χ2n) is 8.44. The van der Waals surface area contributed by atoms with Gasteiger partial charge in [-0.3, -0.25) is 0 Å². The third-order valence-corrected chi connectivity index (χ3v) is 6.05. The van der Waals surface area contributed by atoms with Crippen molar-refractivity contribution in [2.75, 3.05) is 11.9 Å². The van der Waals surface area contributed by atoms with Gasteiger partial charge in [-0.1, -0.05) is 19.1 Å². The first-order chi connectivity index (χ1) is 15.0. The topological polar surface area (TPSA) is 81.9 Å². The van der Waals surface area contributed by atoms with Gasteiger partial charge >= 0.3 is 5.97 Å². The Hall–Kier alpha value is -3.22.